The average molecular weight is 289 g/mol. The van der Waals surface area contributed by atoms with E-state index in [0.29, 0.717) is 0 Å². The van der Waals surface area contributed by atoms with Gasteiger partial charge in [0.15, 0.2) is 0 Å². The van der Waals surface area contributed by atoms with Crippen LogP contribution in [0.2, 0.25) is 5.02 Å². The lowest BCUT2D eigenvalue weighted by Crippen LogP contribution is -2.26. The molecular formula is C12H15BrClN. The van der Waals surface area contributed by atoms with E-state index in [2.05, 4.69) is 21.2 Å². The fraction of sp³-hybridized carbons (Fsp3) is 0.500. The van der Waals surface area contributed by atoms with E-state index < -0.39 is 0 Å². The summed E-state index contributed by atoms with van der Waals surface area (Å²) < 4.78 is 1.13. The number of benzene rings is 1. The Morgan fingerprint density at radius 3 is 2.87 bits per heavy atom. The fourth-order valence-corrected chi connectivity index (χ4v) is 2.37. The van der Waals surface area contributed by atoms with Crippen LogP contribution in [0.25, 0.3) is 0 Å². The molecule has 0 bridgehead atoms. The van der Waals surface area contributed by atoms with Crippen molar-refractivity contribution in [2.24, 2.45) is 5.92 Å². The monoisotopic (exact) mass is 287 g/mol. The predicted octanol–water partition coefficient (Wildman–Crippen LogP) is 3.99. The van der Waals surface area contributed by atoms with E-state index in [-0.39, 0.29) is 0 Å². The van der Waals surface area contributed by atoms with Gasteiger partial charge in [-0.05, 0) is 49.1 Å². The summed E-state index contributed by atoms with van der Waals surface area (Å²) in [7, 11) is 0. The van der Waals surface area contributed by atoms with Gasteiger partial charge >= 0.3 is 0 Å². The molecule has 0 heterocycles. The molecular weight excluding hydrogens is 273 g/mol. The molecule has 0 spiro atoms. The van der Waals surface area contributed by atoms with Gasteiger partial charge in [0.05, 0.1) is 0 Å². The normalized spacial score (nSPS) is 16.4. The van der Waals surface area contributed by atoms with E-state index in [1.165, 1.54) is 24.8 Å². The van der Waals surface area contributed by atoms with E-state index in [4.69, 9.17) is 11.6 Å². The Morgan fingerprint density at radius 2 is 2.20 bits per heavy atom. The van der Waals surface area contributed by atoms with Crippen molar-refractivity contribution in [3.05, 3.63) is 33.3 Å². The molecule has 1 aliphatic rings. The molecule has 82 valence electrons. The van der Waals surface area contributed by atoms with Crippen LogP contribution in [0.4, 0.5) is 0 Å². The minimum atomic E-state index is 0.804. The van der Waals surface area contributed by atoms with E-state index >= 15 is 0 Å². The summed E-state index contributed by atoms with van der Waals surface area (Å²) in [4.78, 5) is 0. The number of nitrogens with one attached hydrogen (secondary N) is 1. The largest absolute Gasteiger partial charge is 0.312 e. The van der Waals surface area contributed by atoms with Crippen LogP contribution in [0.3, 0.4) is 0 Å². The molecule has 15 heavy (non-hydrogen) atoms. The zero-order chi connectivity index (χ0) is 10.7. The summed E-state index contributed by atoms with van der Waals surface area (Å²) in [5.74, 6) is 0.906. The van der Waals surface area contributed by atoms with Crippen LogP contribution in [0, 0.1) is 5.92 Å². The maximum absolute atomic E-state index is 5.95. The summed E-state index contributed by atoms with van der Waals surface area (Å²) in [5, 5.41) is 4.29. The maximum Gasteiger partial charge on any atom is 0.0410 e. The van der Waals surface area contributed by atoms with Crippen LogP contribution in [-0.2, 0) is 6.54 Å². The predicted molar refractivity (Wildman–Crippen MR) is 68.2 cm³/mol. The molecule has 1 saturated carbocycles. The summed E-state index contributed by atoms with van der Waals surface area (Å²) in [5.41, 5.74) is 1.24. The van der Waals surface area contributed by atoms with Crippen molar-refractivity contribution in [1.82, 2.24) is 5.32 Å². The zero-order valence-electron chi connectivity index (χ0n) is 8.60. The molecule has 0 radical (unpaired) electrons. The lowest BCUT2D eigenvalue weighted by molar-refractivity contribution is 0.301. The van der Waals surface area contributed by atoms with Crippen molar-refractivity contribution in [3.8, 4) is 0 Å². The zero-order valence-corrected chi connectivity index (χ0v) is 10.9. The van der Waals surface area contributed by atoms with Crippen molar-refractivity contribution >= 4 is 27.5 Å². The van der Waals surface area contributed by atoms with Gasteiger partial charge in [-0.1, -0.05) is 34.0 Å². The fourth-order valence-electron chi connectivity index (χ4n) is 1.79. The third kappa shape index (κ3) is 3.20. The highest BCUT2D eigenvalue weighted by Gasteiger charge is 2.16. The maximum atomic E-state index is 5.95. The van der Waals surface area contributed by atoms with Gasteiger partial charge in [0.25, 0.3) is 0 Å². The molecule has 1 nitrogen and oxygen atoms in total. The van der Waals surface area contributed by atoms with E-state index in [0.717, 1.165) is 28.5 Å². The Morgan fingerprint density at radius 1 is 1.40 bits per heavy atom. The van der Waals surface area contributed by atoms with E-state index in [9.17, 15) is 0 Å². The molecule has 0 amide bonds. The minimum absolute atomic E-state index is 0.804. The second kappa shape index (κ2) is 5.33. The first-order valence-corrected chi connectivity index (χ1v) is 6.57. The molecule has 0 atom stereocenters. The van der Waals surface area contributed by atoms with Gasteiger partial charge in [-0.3, -0.25) is 0 Å². The van der Waals surface area contributed by atoms with Crippen LogP contribution < -0.4 is 5.32 Å². The highest BCUT2D eigenvalue weighted by atomic mass is 79.9. The smallest absolute Gasteiger partial charge is 0.0410 e. The molecule has 1 N–H and O–H groups in total. The Kier molecular flexibility index (Phi) is 4.06. The second-order valence-corrected chi connectivity index (χ2v) is 5.45. The highest BCUT2D eigenvalue weighted by Crippen LogP contribution is 2.26. The molecule has 0 aromatic heterocycles. The molecule has 1 aromatic carbocycles. The first-order valence-electron chi connectivity index (χ1n) is 5.40. The Labute approximate surface area is 104 Å². The third-order valence-corrected chi connectivity index (χ3v) is 3.99. The van der Waals surface area contributed by atoms with Gasteiger partial charge in [0.1, 0.15) is 0 Å². The van der Waals surface area contributed by atoms with Gasteiger partial charge in [-0.25, -0.2) is 0 Å². The summed E-state index contributed by atoms with van der Waals surface area (Å²) >= 11 is 9.48. The molecule has 0 aliphatic heterocycles. The number of rotatable bonds is 4. The van der Waals surface area contributed by atoms with Gasteiger partial charge in [-0.15, -0.1) is 0 Å². The summed E-state index contributed by atoms with van der Waals surface area (Å²) in [6.45, 7) is 2.04. The third-order valence-electron chi connectivity index (χ3n) is 2.98. The molecule has 2 rings (SSSR count). The van der Waals surface area contributed by atoms with Crippen LogP contribution in [0.5, 0.6) is 0 Å². The Balaban J connectivity index is 1.83. The Hall–Kier alpha value is -0.0500. The first kappa shape index (κ1) is 11.4. The van der Waals surface area contributed by atoms with Gasteiger partial charge in [0, 0.05) is 16.0 Å². The van der Waals surface area contributed by atoms with Gasteiger partial charge in [0.2, 0.25) is 0 Å². The quantitative estimate of drug-likeness (QED) is 0.883. The van der Waals surface area contributed by atoms with Crippen molar-refractivity contribution < 1.29 is 0 Å². The molecule has 3 heteroatoms. The van der Waals surface area contributed by atoms with Crippen molar-refractivity contribution in [2.45, 2.75) is 25.8 Å². The SMILES string of the molecule is Clc1ccc(Br)c(CNCC2CCC2)c1. The summed E-state index contributed by atoms with van der Waals surface area (Å²) in [6.07, 6.45) is 4.20. The molecule has 0 unspecified atom stereocenters. The molecule has 1 aromatic rings. The van der Waals surface area contributed by atoms with Crippen molar-refractivity contribution in [3.63, 3.8) is 0 Å². The number of halogens is 2. The highest BCUT2D eigenvalue weighted by molar-refractivity contribution is 9.10. The number of hydrogen-bond acceptors (Lipinski definition) is 1. The average Bonchev–Trinajstić information content (AvgIpc) is 2.15. The molecule has 1 fully saturated rings. The van der Waals surface area contributed by atoms with Gasteiger partial charge in [-0.2, -0.15) is 0 Å². The van der Waals surface area contributed by atoms with Crippen molar-refractivity contribution in [1.29, 1.82) is 0 Å². The summed E-state index contributed by atoms with van der Waals surface area (Å²) in [6, 6.07) is 5.92. The van der Waals surface area contributed by atoms with E-state index in [1.807, 2.05) is 18.2 Å². The topological polar surface area (TPSA) is 12.0 Å². The van der Waals surface area contributed by atoms with Crippen LogP contribution >= 0.6 is 27.5 Å². The van der Waals surface area contributed by atoms with Crippen LogP contribution in [-0.4, -0.2) is 6.54 Å². The van der Waals surface area contributed by atoms with Crippen LogP contribution in [0.15, 0.2) is 22.7 Å². The lowest BCUT2D eigenvalue weighted by Gasteiger charge is -2.25. The lowest BCUT2D eigenvalue weighted by atomic mass is 9.85. The number of hydrogen-bond donors (Lipinski definition) is 1. The van der Waals surface area contributed by atoms with E-state index in [1.54, 1.807) is 0 Å². The molecule has 1 aliphatic carbocycles. The standard InChI is InChI=1S/C12H15BrClN/c13-12-5-4-11(14)6-10(12)8-15-7-9-2-1-3-9/h4-6,9,15H,1-3,7-8H2. The van der Waals surface area contributed by atoms with Gasteiger partial charge < -0.3 is 5.32 Å². The Bertz CT molecular complexity index is 336. The second-order valence-electron chi connectivity index (χ2n) is 4.16. The van der Waals surface area contributed by atoms with Crippen LogP contribution in [0.1, 0.15) is 24.8 Å². The molecule has 0 saturated heterocycles. The minimum Gasteiger partial charge on any atom is -0.312 e. The first-order chi connectivity index (χ1) is 7.25. The van der Waals surface area contributed by atoms with Crippen molar-refractivity contribution in [2.75, 3.05) is 6.54 Å².